The van der Waals surface area contributed by atoms with Crippen molar-refractivity contribution in [1.29, 1.82) is 0 Å². The van der Waals surface area contributed by atoms with E-state index in [9.17, 15) is 44.2 Å². The normalized spacial score (nSPS) is 17.5. The van der Waals surface area contributed by atoms with Crippen molar-refractivity contribution in [3.05, 3.63) is 35.9 Å². The summed E-state index contributed by atoms with van der Waals surface area (Å²) in [6, 6.07) is 4.29. The van der Waals surface area contributed by atoms with E-state index in [0.29, 0.717) is 24.8 Å². The first-order valence-corrected chi connectivity index (χ1v) is 15.5. The largest absolute Gasteiger partial charge is 0.481 e. The highest BCUT2D eigenvalue weighted by molar-refractivity contribution is 5.95. The molecule has 17 nitrogen and oxygen atoms in total. The lowest BCUT2D eigenvalue weighted by Crippen LogP contribution is -2.61. The Kier molecular flexibility index (Phi) is 14.3. The number of nitrogens with two attached hydrogens (primary N) is 2. The van der Waals surface area contributed by atoms with Gasteiger partial charge in [-0.15, -0.1) is 0 Å². The Balaban J connectivity index is 2.09. The first-order chi connectivity index (χ1) is 22.3. The number of nitrogens with one attached hydrogen (secondary N) is 4. The molecule has 0 aromatic heterocycles. The number of nitrogens with zero attached hydrogens (tertiary/aromatic N) is 2. The number of hydrogen-bond acceptors (Lipinski definition) is 9. The summed E-state index contributed by atoms with van der Waals surface area (Å²) in [4.78, 5) is 79.4. The van der Waals surface area contributed by atoms with E-state index in [-0.39, 0.29) is 25.3 Å². The van der Waals surface area contributed by atoms with Crippen molar-refractivity contribution < 1.29 is 44.2 Å². The fourth-order valence-corrected chi connectivity index (χ4v) is 5.76. The number of hydroxylamine groups is 2. The Morgan fingerprint density at radius 1 is 0.896 bits per heavy atom. The second-order valence-corrected chi connectivity index (χ2v) is 13.1. The summed E-state index contributed by atoms with van der Waals surface area (Å²) in [6.07, 6.45) is 0.0735. The molecule has 17 heteroatoms. The average molecular weight is 677 g/mol. The molecule has 4 amide bonds. The van der Waals surface area contributed by atoms with Crippen molar-refractivity contribution in [2.75, 3.05) is 13.1 Å². The number of amides is 4. The molecule has 1 aromatic carbocycles. The summed E-state index contributed by atoms with van der Waals surface area (Å²) in [7, 11) is 0. The number of carbonyl (C=O) groups is 6. The van der Waals surface area contributed by atoms with E-state index in [1.54, 1.807) is 58.0 Å². The SMILES string of the molecule is CC1(C)CC(C(=O)N[C@@H](CCCN=C(N)N)C(=O)NCC(=O)N[C@@H](CC(=O)O)C(=O)N[C@@H](Cc2ccccc2)C(=O)O)CC(C)(C)N1O. The molecule has 48 heavy (non-hydrogen) atoms. The van der Waals surface area contributed by atoms with Crippen molar-refractivity contribution in [2.45, 2.75) is 95.4 Å². The van der Waals surface area contributed by atoms with Gasteiger partial charge in [-0.1, -0.05) is 30.3 Å². The summed E-state index contributed by atoms with van der Waals surface area (Å²) in [5.41, 5.74) is 9.91. The molecule has 1 aliphatic heterocycles. The summed E-state index contributed by atoms with van der Waals surface area (Å²) < 4.78 is 0. The third-order valence-corrected chi connectivity index (χ3v) is 7.94. The Labute approximate surface area is 278 Å². The van der Waals surface area contributed by atoms with E-state index >= 15 is 0 Å². The first kappa shape index (κ1) is 39.4. The van der Waals surface area contributed by atoms with Crippen molar-refractivity contribution in [1.82, 2.24) is 26.3 Å². The van der Waals surface area contributed by atoms with Crippen LogP contribution in [0.4, 0.5) is 0 Å². The molecular weight excluding hydrogens is 628 g/mol. The number of aliphatic imine (C=N–C) groups is 1. The van der Waals surface area contributed by atoms with Crippen LogP contribution >= 0.6 is 0 Å². The number of benzene rings is 1. The molecule has 0 bridgehead atoms. The van der Waals surface area contributed by atoms with E-state index in [1.165, 1.54) is 5.06 Å². The predicted molar refractivity (Wildman–Crippen MR) is 173 cm³/mol. The van der Waals surface area contributed by atoms with Crippen LogP contribution in [0.25, 0.3) is 0 Å². The molecule has 0 radical (unpaired) electrons. The molecule has 0 spiro atoms. The highest BCUT2D eigenvalue weighted by atomic mass is 16.5. The van der Waals surface area contributed by atoms with E-state index in [4.69, 9.17) is 11.5 Å². The summed E-state index contributed by atoms with van der Waals surface area (Å²) in [5, 5.41) is 40.4. The molecule has 266 valence electrons. The lowest BCUT2D eigenvalue weighted by molar-refractivity contribution is -0.249. The van der Waals surface area contributed by atoms with Gasteiger partial charge >= 0.3 is 11.9 Å². The minimum absolute atomic E-state index is 0.0872. The molecule has 1 heterocycles. The summed E-state index contributed by atoms with van der Waals surface area (Å²) in [6.45, 7) is 6.69. The molecule has 0 saturated carbocycles. The fraction of sp³-hybridized carbons (Fsp3) is 0.581. The quantitative estimate of drug-likeness (QED) is 0.0550. The average Bonchev–Trinajstić information content (AvgIpc) is 2.99. The van der Waals surface area contributed by atoms with Crippen LogP contribution in [0.15, 0.2) is 35.3 Å². The molecule has 1 aromatic rings. The molecule has 0 unspecified atom stereocenters. The molecule has 2 rings (SSSR count). The maximum atomic E-state index is 13.4. The highest BCUT2D eigenvalue weighted by Gasteiger charge is 2.47. The Hall–Kier alpha value is -4.77. The molecule has 3 atom stereocenters. The minimum atomic E-state index is -1.65. The number of carboxylic acid groups (broad SMARTS) is 2. The van der Waals surface area contributed by atoms with E-state index in [0.717, 1.165) is 0 Å². The van der Waals surface area contributed by atoms with Crippen molar-refractivity contribution >= 4 is 41.5 Å². The van der Waals surface area contributed by atoms with E-state index in [1.807, 2.05) is 0 Å². The minimum Gasteiger partial charge on any atom is -0.481 e. The van der Waals surface area contributed by atoms with Crippen molar-refractivity contribution in [2.24, 2.45) is 22.4 Å². The van der Waals surface area contributed by atoms with Crippen LogP contribution in [-0.4, -0.2) is 104 Å². The zero-order chi connectivity index (χ0) is 36.2. The number of guanidine groups is 1. The van der Waals surface area contributed by atoms with Gasteiger partial charge in [0, 0.05) is 30.0 Å². The van der Waals surface area contributed by atoms with Crippen LogP contribution in [0.5, 0.6) is 0 Å². The van der Waals surface area contributed by atoms with Gasteiger partial charge < -0.3 is 48.2 Å². The zero-order valence-corrected chi connectivity index (χ0v) is 27.7. The second-order valence-electron chi connectivity index (χ2n) is 13.1. The molecule has 1 saturated heterocycles. The van der Waals surface area contributed by atoms with Crippen LogP contribution < -0.4 is 32.7 Å². The molecule has 11 N–H and O–H groups in total. The topological polar surface area (TPSA) is 279 Å². The summed E-state index contributed by atoms with van der Waals surface area (Å²) >= 11 is 0. The number of piperidine rings is 1. The number of rotatable bonds is 17. The fourth-order valence-electron chi connectivity index (χ4n) is 5.76. The van der Waals surface area contributed by atoms with Gasteiger partial charge in [-0.25, -0.2) is 4.79 Å². The number of hydrogen-bond donors (Lipinski definition) is 9. The number of carboxylic acids is 2. The van der Waals surface area contributed by atoms with Crippen LogP contribution in [0, 0.1) is 5.92 Å². The van der Waals surface area contributed by atoms with Crippen LogP contribution in [-0.2, 0) is 35.2 Å². The van der Waals surface area contributed by atoms with Crippen LogP contribution in [0.3, 0.4) is 0 Å². The maximum absolute atomic E-state index is 13.4. The molecule has 1 fully saturated rings. The third-order valence-electron chi connectivity index (χ3n) is 7.94. The highest BCUT2D eigenvalue weighted by Crippen LogP contribution is 2.40. The molecular formula is C31H48N8O9. The zero-order valence-electron chi connectivity index (χ0n) is 27.7. The first-order valence-electron chi connectivity index (χ1n) is 15.5. The Morgan fingerprint density at radius 3 is 2.04 bits per heavy atom. The van der Waals surface area contributed by atoms with E-state index in [2.05, 4.69) is 26.3 Å². The van der Waals surface area contributed by atoms with Gasteiger partial charge in [-0.05, 0) is 58.9 Å². The predicted octanol–water partition coefficient (Wildman–Crippen LogP) is -0.929. The monoisotopic (exact) mass is 676 g/mol. The summed E-state index contributed by atoms with van der Waals surface area (Å²) in [5.74, 6) is -6.59. The van der Waals surface area contributed by atoms with Gasteiger partial charge in [0.25, 0.3) is 0 Å². The van der Waals surface area contributed by atoms with Gasteiger partial charge in [0.05, 0.1) is 13.0 Å². The van der Waals surface area contributed by atoms with Gasteiger partial charge in [0.1, 0.15) is 18.1 Å². The molecule has 1 aliphatic rings. The smallest absolute Gasteiger partial charge is 0.326 e. The van der Waals surface area contributed by atoms with Gasteiger partial charge in [-0.2, -0.15) is 5.06 Å². The van der Waals surface area contributed by atoms with Crippen LogP contribution in [0.1, 0.15) is 65.4 Å². The standard InChI is InChI=1S/C31H48N8O9/c1-30(2)15-19(16-31(3,4)39(30)48)25(43)37-20(11-8-12-34-29(32)33)26(44)35-17-23(40)36-21(14-24(41)42)27(45)38-22(28(46)47)13-18-9-6-5-7-10-18/h5-7,9-10,19-22,48H,8,11-17H2,1-4H3,(H,35,44)(H,36,40)(H,37,43)(H,38,45)(H,41,42)(H,46,47)(H4,32,33,34)/t20-,21-,22-/m0/s1. The maximum Gasteiger partial charge on any atom is 0.326 e. The van der Waals surface area contributed by atoms with Gasteiger partial charge in [0.15, 0.2) is 5.96 Å². The number of carbonyl (C=O) groups excluding carboxylic acids is 4. The molecule has 0 aliphatic carbocycles. The van der Waals surface area contributed by atoms with Crippen molar-refractivity contribution in [3.8, 4) is 0 Å². The van der Waals surface area contributed by atoms with Gasteiger partial charge in [-0.3, -0.25) is 29.0 Å². The van der Waals surface area contributed by atoms with E-state index < -0.39 is 83.7 Å². The third kappa shape index (κ3) is 12.4. The lowest BCUT2D eigenvalue weighted by atomic mass is 9.75. The number of aliphatic carboxylic acids is 2. The lowest BCUT2D eigenvalue weighted by Gasteiger charge is -2.51. The van der Waals surface area contributed by atoms with Crippen molar-refractivity contribution in [3.63, 3.8) is 0 Å². The Bertz CT molecular complexity index is 1330. The Morgan fingerprint density at radius 2 is 1.50 bits per heavy atom. The van der Waals surface area contributed by atoms with Crippen LogP contribution in [0.2, 0.25) is 0 Å². The van der Waals surface area contributed by atoms with Gasteiger partial charge in [0.2, 0.25) is 23.6 Å². The second kappa shape index (κ2) is 17.4.